The van der Waals surface area contributed by atoms with Gasteiger partial charge < -0.3 is 15.5 Å². The van der Waals surface area contributed by atoms with Crippen LogP contribution in [0.5, 0.6) is 0 Å². The van der Waals surface area contributed by atoms with Crippen LogP contribution in [0.15, 0.2) is 30.3 Å². The van der Waals surface area contributed by atoms with Crippen LogP contribution >= 0.6 is 0 Å². The van der Waals surface area contributed by atoms with Crippen LogP contribution in [-0.2, 0) is 4.79 Å². The number of piperidine rings is 2. The van der Waals surface area contributed by atoms with Crippen molar-refractivity contribution in [2.75, 3.05) is 19.6 Å². The summed E-state index contributed by atoms with van der Waals surface area (Å²) in [6.45, 7) is 4.74. The Morgan fingerprint density at radius 2 is 1.84 bits per heavy atom. The van der Waals surface area contributed by atoms with Gasteiger partial charge >= 0.3 is 0 Å². The zero-order chi connectivity index (χ0) is 17.6. The first-order valence-corrected chi connectivity index (χ1v) is 9.54. The number of amides is 2. The number of nitrogens with zero attached hydrogens (tertiary/aromatic N) is 1. The molecule has 0 saturated carbocycles. The number of likely N-dealkylation sites (tertiary alicyclic amines) is 1. The van der Waals surface area contributed by atoms with Crippen LogP contribution in [0.4, 0.5) is 0 Å². The van der Waals surface area contributed by atoms with Gasteiger partial charge in [-0.1, -0.05) is 18.2 Å². The molecule has 1 aromatic rings. The van der Waals surface area contributed by atoms with Gasteiger partial charge in [-0.05, 0) is 70.2 Å². The van der Waals surface area contributed by atoms with Gasteiger partial charge in [-0.2, -0.15) is 0 Å². The molecular formula is C20H29N3O2. The minimum absolute atomic E-state index is 0.100. The summed E-state index contributed by atoms with van der Waals surface area (Å²) < 4.78 is 0. The molecule has 0 bridgehead atoms. The molecule has 0 spiro atoms. The van der Waals surface area contributed by atoms with Crippen LogP contribution in [0.3, 0.4) is 0 Å². The van der Waals surface area contributed by atoms with Crippen molar-refractivity contribution in [3.8, 4) is 0 Å². The fourth-order valence-corrected chi connectivity index (χ4v) is 3.98. The average molecular weight is 343 g/mol. The number of nitrogens with one attached hydrogen (secondary N) is 2. The average Bonchev–Trinajstić information content (AvgIpc) is 2.67. The lowest BCUT2D eigenvalue weighted by molar-refractivity contribution is -0.138. The Labute approximate surface area is 150 Å². The summed E-state index contributed by atoms with van der Waals surface area (Å²) in [7, 11) is 0. The van der Waals surface area contributed by atoms with Gasteiger partial charge in [0, 0.05) is 18.2 Å². The Balaban J connectivity index is 1.76. The maximum Gasteiger partial charge on any atom is 0.251 e. The number of hydrogen-bond donors (Lipinski definition) is 2. The first kappa shape index (κ1) is 17.9. The topological polar surface area (TPSA) is 61.4 Å². The Hall–Kier alpha value is -1.88. The molecule has 0 aromatic heterocycles. The third kappa shape index (κ3) is 4.40. The molecule has 2 amide bonds. The molecule has 2 fully saturated rings. The molecule has 5 heteroatoms. The summed E-state index contributed by atoms with van der Waals surface area (Å²) in [6.07, 6.45) is 5.14. The number of carbonyl (C=O) groups excluding carboxylic acids is 2. The lowest BCUT2D eigenvalue weighted by atomic mass is 9.88. The Bertz CT molecular complexity index is 584. The van der Waals surface area contributed by atoms with Crippen molar-refractivity contribution in [1.82, 2.24) is 15.5 Å². The van der Waals surface area contributed by atoms with Crippen molar-refractivity contribution in [2.45, 2.75) is 51.1 Å². The first-order valence-electron chi connectivity index (χ1n) is 9.54. The van der Waals surface area contributed by atoms with Crippen LogP contribution in [0.25, 0.3) is 0 Å². The fourth-order valence-electron chi connectivity index (χ4n) is 3.98. The number of rotatable bonds is 4. The van der Waals surface area contributed by atoms with E-state index in [1.54, 1.807) is 12.1 Å². The second-order valence-electron chi connectivity index (χ2n) is 7.28. The van der Waals surface area contributed by atoms with Crippen LogP contribution < -0.4 is 10.6 Å². The molecule has 2 N–H and O–H groups in total. The van der Waals surface area contributed by atoms with Crippen molar-refractivity contribution >= 4 is 11.8 Å². The SMILES string of the molecule is CC1CCCCN1C(=O)C(NC(=O)c1ccccc1)C1CCNCC1. The van der Waals surface area contributed by atoms with Crippen molar-refractivity contribution in [2.24, 2.45) is 5.92 Å². The van der Waals surface area contributed by atoms with Gasteiger partial charge in [0.1, 0.15) is 6.04 Å². The summed E-state index contributed by atoms with van der Waals surface area (Å²) in [5, 5.41) is 6.41. The highest BCUT2D eigenvalue weighted by molar-refractivity contribution is 5.97. The van der Waals surface area contributed by atoms with Gasteiger partial charge in [-0.3, -0.25) is 9.59 Å². The molecule has 2 atom stereocenters. The Kier molecular flexibility index (Phi) is 6.08. The minimum atomic E-state index is -0.421. The Morgan fingerprint density at radius 3 is 2.52 bits per heavy atom. The maximum atomic E-state index is 13.3. The summed E-state index contributed by atoms with van der Waals surface area (Å²) in [4.78, 5) is 27.9. The molecular weight excluding hydrogens is 314 g/mol. The third-order valence-electron chi connectivity index (χ3n) is 5.53. The highest BCUT2D eigenvalue weighted by Crippen LogP contribution is 2.23. The molecule has 2 aliphatic rings. The van der Waals surface area contributed by atoms with Gasteiger partial charge in [0.2, 0.25) is 5.91 Å². The quantitative estimate of drug-likeness (QED) is 0.881. The van der Waals surface area contributed by atoms with Crippen LogP contribution in [0, 0.1) is 5.92 Å². The lowest BCUT2D eigenvalue weighted by Crippen LogP contribution is -2.56. The summed E-state index contributed by atoms with van der Waals surface area (Å²) in [6, 6.07) is 9.02. The predicted molar refractivity (Wildman–Crippen MR) is 98.3 cm³/mol. The van der Waals surface area contributed by atoms with Crippen molar-refractivity contribution in [3.05, 3.63) is 35.9 Å². The van der Waals surface area contributed by atoms with E-state index in [1.165, 1.54) is 6.42 Å². The van der Waals surface area contributed by atoms with E-state index in [0.717, 1.165) is 45.3 Å². The largest absolute Gasteiger partial charge is 0.340 e. The first-order chi connectivity index (χ1) is 12.2. The zero-order valence-electron chi connectivity index (χ0n) is 15.0. The van der Waals surface area contributed by atoms with Crippen molar-refractivity contribution < 1.29 is 9.59 Å². The second kappa shape index (κ2) is 8.48. The van der Waals surface area contributed by atoms with Gasteiger partial charge in [-0.25, -0.2) is 0 Å². The van der Waals surface area contributed by atoms with E-state index < -0.39 is 6.04 Å². The van der Waals surface area contributed by atoms with E-state index in [-0.39, 0.29) is 23.8 Å². The highest BCUT2D eigenvalue weighted by atomic mass is 16.2. The molecule has 0 radical (unpaired) electrons. The molecule has 3 rings (SSSR count). The summed E-state index contributed by atoms with van der Waals surface area (Å²) in [5.41, 5.74) is 0.612. The van der Waals surface area contributed by atoms with Gasteiger partial charge in [-0.15, -0.1) is 0 Å². The Morgan fingerprint density at radius 1 is 1.12 bits per heavy atom. The third-order valence-corrected chi connectivity index (χ3v) is 5.53. The molecule has 2 unspecified atom stereocenters. The van der Waals surface area contributed by atoms with Crippen LogP contribution in [-0.4, -0.2) is 48.4 Å². The van der Waals surface area contributed by atoms with Crippen molar-refractivity contribution in [1.29, 1.82) is 0 Å². The standard InChI is InChI=1S/C20H29N3O2/c1-15-7-5-6-14-23(15)20(25)18(16-10-12-21-13-11-16)22-19(24)17-8-3-2-4-9-17/h2-4,8-9,15-16,18,21H,5-7,10-14H2,1H3,(H,22,24). The minimum Gasteiger partial charge on any atom is -0.340 e. The van der Waals surface area contributed by atoms with Crippen molar-refractivity contribution in [3.63, 3.8) is 0 Å². The van der Waals surface area contributed by atoms with Gasteiger partial charge in [0.05, 0.1) is 0 Å². The van der Waals surface area contributed by atoms with E-state index in [0.29, 0.717) is 5.56 Å². The highest BCUT2D eigenvalue weighted by Gasteiger charge is 2.36. The van der Waals surface area contributed by atoms with E-state index in [4.69, 9.17) is 0 Å². The molecule has 136 valence electrons. The number of benzene rings is 1. The fraction of sp³-hybridized carbons (Fsp3) is 0.600. The molecule has 2 saturated heterocycles. The second-order valence-corrected chi connectivity index (χ2v) is 7.28. The predicted octanol–water partition coefficient (Wildman–Crippen LogP) is 2.19. The lowest BCUT2D eigenvalue weighted by Gasteiger charge is -2.39. The monoisotopic (exact) mass is 343 g/mol. The number of hydrogen-bond acceptors (Lipinski definition) is 3. The van der Waals surface area contributed by atoms with E-state index in [9.17, 15) is 9.59 Å². The molecule has 0 aliphatic carbocycles. The number of carbonyl (C=O) groups is 2. The summed E-state index contributed by atoms with van der Waals surface area (Å²) in [5.74, 6) is 0.154. The van der Waals surface area contributed by atoms with Crippen LogP contribution in [0.2, 0.25) is 0 Å². The molecule has 5 nitrogen and oxygen atoms in total. The van der Waals surface area contributed by atoms with E-state index in [2.05, 4.69) is 17.6 Å². The summed E-state index contributed by atoms with van der Waals surface area (Å²) >= 11 is 0. The van der Waals surface area contributed by atoms with E-state index in [1.807, 2.05) is 23.1 Å². The normalized spacial score (nSPS) is 23.1. The molecule has 25 heavy (non-hydrogen) atoms. The van der Waals surface area contributed by atoms with E-state index >= 15 is 0 Å². The molecule has 2 heterocycles. The van der Waals surface area contributed by atoms with Gasteiger partial charge in [0.15, 0.2) is 0 Å². The van der Waals surface area contributed by atoms with Gasteiger partial charge in [0.25, 0.3) is 5.91 Å². The maximum absolute atomic E-state index is 13.3. The molecule has 1 aromatic carbocycles. The van der Waals surface area contributed by atoms with Crippen LogP contribution in [0.1, 0.15) is 49.4 Å². The zero-order valence-corrected chi connectivity index (χ0v) is 15.0. The smallest absolute Gasteiger partial charge is 0.251 e. The molecule has 2 aliphatic heterocycles.